The van der Waals surface area contributed by atoms with Crippen LogP contribution in [0.1, 0.15) is 56.4 Å². The van der Waals surface area contributed by atoms with Crippen molar-refractivity contribution in [3.63, 3.8) is 0 Å². The van der Waals surface area contributed by atoms with Gasteiger partial charge in [0.2, 0.25) is 0 Å². The van der Waals surface area contributed by atoms with E-state index in [0.717, 1.165) is 19.3 Å². The van der Waals surface area contributed by atoms with Gasteiger partial charge in [0, 0.05) is 0 Å². The van der Waals surface area contributed by atoms with E-state index >= 15 is 0 Å². The summed E-state index contributed by atoms with van der Waals surface area (Å²) in [6, 6.07) is 13.6. The normalized spacial score (nSPS) is 14.5. The third-order valence-electron chi connectivity index (χ3n) is 5.44. The van der Waals surface area contributed by atoms with E-state index in [1.54, 1.807) is 5.57 Å². The first-order chi connectivity index (χ1) is 11.2. The maximum Gasteiger partial charge on any atom is -0.00549 e. The summed E-state index contributed by atoms with van der Waals surface area (Å²) in [5.74, 6) is 0.682. The number of rotatable bonds is 5. The molecule has 0 N–H and O–H groups in total. The lowest BCUT2D eigenvalue weighted by Crippen LogP contribution is -1.98. The minimum atomic E-state index is 0.682. The van der Waals surface area contributed by atoms with E-state index < -0.39 is 0 Å². The molecule has 1 aliphatic carbocycles. The van der Waals surface area contributed by atoms with Gasteiger partial charge in [-0.3, -0.25) is 0 Å². The Kier molecular flexibility index (Phi) is 4.71. The molecule has 1 atom stereocenters. The van der Waals surface area contributed by atoms with Crippen LogP contribution in [0.2, 0.25) is 0 Å². The van der Waals surface area contributed by atoms with E-state index in [0.29, 0.717) is 5.92 Å². The Balaban J connectivity index is 2.21. The monoisotopic (exact) mass is 304 g/mol. The summed E-state index contributed by atoms with van der Waals surface area (Å²) in [5, 5.41) is 0. The molecule has 2 aromatic carbocycles. The molecule has 0 aromatic heterocycles. The molecule has 23 heavy (non-hydrogen) atoms. The molecule has 2 aromatic rings. The third-order valence-corrected chi connectivity index (χ3v) is 5.44. The molecule has 1 aliphatic rings. The maximum absolute atomic E-state index is 2.49. The molecule has 0 saturated heterocycles. The molecule has 0 nitrogen and oxygen atoms in total. The summed E-state index contributed by atoms with van der Waals surface area (Å²) >= 11 is 0. The molecular formula is C23H28. The van der Waals surface area contributed by atoms with Crippen LogP contribution in [-0.4, -0.2) is 0 Å². The van der Waals surface area contributed by atoms with Crippen molar-refractivity contribution >= 4 is 6.08 Å². The summed E-state index contributed by atoms with van der Waals surface area (Å²) in [5.41, 5.74) is 10.5. The number of hydrogen-bond donors (Lipinski definition) is 0. The van der Waals surface area contributed by atoms with Crippen molar-refractivity contribution in [3.8, 4) is 11.1 Å². The van der Waals surface area contributed by atoms with Gasteiger partial charge in [0.05, 0.1) is 0 Å². The van der Waals surface area contributed by atoms with Crippen molar-refractivity contribution in [3.05, 3.63) is 64.2 Å². The Labute approximate surface area is 141 Å². The third kappa shape index (κ3) is 2.87. The standard InChI is InChI=1S/C23H28/c1-5-16(4)20-14-19-13-12-18(7-3)23(22(19)15-20)21-11-9-8-10-17(21)6-2/h8-13,15-16H,5-7,14H2,1-4H3. The molecule has 0 saturated carbocycles. The summed E-state index contributed by atoms with van der Waals surface area (Å²) in [6.07, 6.45) is 7.03. The van der Waals surface area contributed by atoms with Gasteiger partial charge in [-0.2, -0.15) is 0 Å². The molecule has 0 radical (unpaired) electrons. The highest BCUT2D eigenvalue weighted by molar-refractivity contribution is 5.84. The second-order valence-electron chi connectivity index (χ2n) is 6.74. The largest absolute Gasteiger partial charge is 0.0648 e. The summed E-state index contributed by atoms with van der Waals surface area (Å²) in [6.45, 7) is 9.18. The van der Waals surface area contributed by atoms with Gasteiger partial charge in [-0.1, -0.05) is 75.7 Å². The zero-order valence-corrected chi connectivity index (χ0v) is 14.9. The van der Waals surface area contributed by atoms with Crippen LogP contribution in [0.15, 0.2) is 42.0 Å². The maximum atomic E-state index is 2.49. The smallest absolute Gasteiger partial charge is 0.00549 e. The molecule has 0 heteroatoms. The Hall–Kier alpha value is -1.82. The lowest BCUT2D eigenvalue weighted by molar-refractivity contribution is 0.647. The van der Waals surface area contributed by atoms with Crippen molar-refractivity contribution in [1.29, 1.82) is 0 Å². The molecular weight excluding hydrogens is 276 g/mol. The van der Waals surface area contributed by atoms with E-state index in [9.17, 15) is 0 Å². The number of benzene rings is 2. The minimum Gasteiger partial charge on any atom is -0.0648 e. The van der Waals surface area contributed by atoms with Crippen molar-refractivity contribution in [1.82, 2.24) is 0 Å². The van der Waals surface area contributed by atoms with Crippen LogP contribution in [0.25, 0.3) is 17.2 Å². The van der Waals surface area contributed by atoms with E-state index in [1.807, 2.05) is 0 Å². The Morgan fingerprint density at radius 2 is 1.65 bits per heavy atom. The lowest BCUT2D eigenvalue weighted by Gasteiger charge is -2.16. The second kappa shape index (κ2) is 6.74. The predicted molar refractivity (Wildman–Crippen MR) is 102 cm³/mol. The van der Waals surface area contributed by atoms with Crippen molar-refractivity contribution < 1.29 is 0 Å². The zero-order chi connectivity index (χ0) is 16.4. The average molecular weight is 304 g/mol. The second-order valence-corrected chi connectivity index (χ2v) is 6.74. The van der Waals surface area contributed by atoms with Gasteiger partial charge in [0.15, 0.2) is 0 Å². The number of hydrogen-bond acceptors (Lipinski definition) is 0. The van der Waals surface area contributed by atoms with E-state index in [1.165, 1.54) is 39.8 Å². The topological polar surface area (TPSA) is 0 Å². The quantitative estimate of drug-likeness (QED) is 0.594. The fourth-order valence-electron chi connectivity index (χ4n) is 3.75. The highest BCUT2D eigenvalue weighted by Gasteiger charge is 2.22. The lowest BCUT2D eigenvalue weighted by atomic mass is 9.88. The average Bonchev–Trinajstić information content (AvgIpc) is 3.04. The van der Waals surface area contributed by atoms with Gasteiger partial charge in [-0.15, -0.1) is 0 Å². The van der Waals surface area contributed by atoms with Crippen LogP contribution < -0.4 is 0 Å². The Bertz CT molecular complexity index is 734. The van der Waals surface area contributed by atoms with Gasteiger partial charge in [-0.25, -0.2) is 0 Å². The molecule has 0 heterocycles. The van der Waals surface area contributed by atoms with Crippen LogP contribution in [0, 0.1) is 5.92 Å². The van der Waals surface area contributed by atoms with Crippen LogP contribution in [-0.2, 0) is 19.3 Å². The molecule has 3 rings (SSSR count). The molecule has 0 amide bonds. The fourth-order valence-corrected chi connectivity index (χ4v) is 3.75. The first-order valence-corrected chi connectivity index (χ1v) is 9.13. The van der Waals surface area contributed by atoms with Crippen LogP contribution in [0.5, 0.6) is 0 Å². The summed E-state index contributed by atoms with van der Waals surface area (Å²) in [4.78, 5) is 0. The first-order valence-electron chi connectivity index (χ1n) is 9.13. The first kappa shape index (κ1) is 16.1. The van der Waals surface area contributed by atoms with Crippen LogP contribution in [0.4, 0.5) is 0 Å². The molecule has 1 unspecified atom stereocenters. The number of allylic oxidation sites excluding steroid dienone is 1. The van der Waals surface area contributed by atoms with E-state index in [-0.39, 0.29) is 0 Å². The summed E-state index contributed by atoms with van der Waals surface area (Å²) in [7, 11) is 0. The fraction of sp³-hybridized carbons (Fsp3) is 0.391. The van der Waals surface area contributed by atoms with Gasteiger partial charge in [0.1, 0.15) is 0 Å². The van der Waals surface area contributed by atoms with Crippen molar-refractivity contribution in [2.75, 3.05) is 0 Å². The van der Waals surface area contributed by atoms with E-state index in [2.05, 4.69) is 70.2 Å². The van der Waals surface area contributed by atoms with Gasteiger partial charge >= 0.3 is 0 Å². The van der Waals surface area contributed by atoms with Crippen LogP contribution >= 0.6 is 0 Å². The SMILES string of the molecule is CCc1ccccc1-c1c(CC)ccc2c1C=C(C(C)CC)C2. The van der Waals surface area contributed by atoms with Gasteiger partial charge < -0.3 is 0 Å². The number of fused-ring (bicyclic) bond motifs is 1. The predicted octanol–water partition coefficient (Wildman–Crippen LogP) is 6.46. The number of aryl methyl sites for hydroxylation is 2. The highest BCUT2D eigenvalue weighted by atomic mass is 14.3. The molecule has 0 fully saturated rings. The Morgan fingerprint density at radius 3 is 2.35 bits per heavy atom. The van der Waals surface area contributed by atoms with Gasteiger partial charge in [0.25, 0.3) is 0 Å². The van der Waals surface area contributed by atoms with Crippen molar-refractivity contribution in [2.45, 2.75) is 53.4 Å². The highest BCUT2D eigenvalue weighted by Crippen LogP contribution is 2.40. The van der Waals surface area contributed by atoms with Crippen LogP contribution in [0.3, 0.4) is 0 Å². The molecule has 0 aliphatic heterocycles. The van der Waals surface area contributed by atoms with Gasteiger partial charge in [-0.05, 0) is 65.0 Å². The summed E-state index contributed by atoms with van der Waals surface area (Å²) < 4.78 is 0. The van der Waals surface area contributed by atoms with Crippen molar-refractivity contribution in [2.24, 2.45) is 5.92 Å². The minimum absolute atomic E-state index is 0.682. The zero-order valence-electron chi connectivity index (χ0n) is 14.9. The Morgan fingerprint density at radius 1 is 0.913 bits per heavy atom. The van der Waals surface area contributed by atoms with E-state index in [4.69, 9.17) is 0 Å². The molecule has 0 spiro atoms. The molecule has 120 valence electrons. The molecule has 0 bridgehead atoms.